The first kappa shape index (κ1) is 29.1. The molecule has 220 valence electrons. The molecule has 3 heterocycles. The lowest BCUT2D eigenvalue weighted by molar-refractivity contribution is 0.0985. The third-order valence-corrected chi connectivity index (χ3v) is 8.23. The van der Waals surface area contributed by atoms with Crippen molar-refractivity contribution in [2.45, 2.75) is 54.0 Å². The van der Waals surface area contributed by atoms with Gasteiger partial charge in [0.15, 0.2) is 0 Å². The van der Waals surface area contributed by atoms with Gasteiger partial charge in [-0.15, -0.1) is 0 Å². The lowest BCUT2D eigenvalue weighted by Crippen LogP contribution is -2.47. The van der Waals surface area contributed by atoms with E-state index in [4.69, 9.17) is 4.74 Å². The van der Waals surface area contributed by atoms with Crippen molar-refractivity contribution in [3.63, 3.8) is 0 Å². The minimum atomic E-state index is -0.0371. The van der Waals surface area contributed by atoms with Crippen LogP contribution in [0.1, 0.15) is 60.7 Å². The Morgan fingerprint density at radius 2 is 1.73 bits per heavy atom. The second-order valence-corrected chi connectivity index (χ2v) is 12.9. The lowest BCUT2D eigenvalue weighted by atomic mass is 9.92. The van der Waals surface area contributed by atoms with Gasteiger partial charge in [-0.1, -0.05) is 26.8 Å². The number of aromatic nitrogens is 2. The Hall–Kier alpha value is -3.36. The van der Waals surface area contributed by atoms with Crippen molar-refractivity contribution in [2.75, 3.05) is 56.1 Å². The van der Waals surface area contributed by atoms with E-state index in [1.165, 1.54) is 13.0 Å². The van der Waals surface area contributed by atoms with Crippen molar-refractivity contribution < 1.29 is 9.53 Å². The summed E-state index contributed by atoms with van der Waals surface area (Å²) >= 11 is 0. The fraction of sp³-hybridized carbons (Fsp3) is 0.515. The molecule has 3 aromatic rings. The molecular formula is C33H46N6O2. The van der Waals surface area contributed by atoms with Crippen LogP contribution in [0.4, 0.5) is 17.2 Å². The summed E-state index contributed by atoms with van der Waals surface area (Å²) < 4.78 is 7.98. The normalized spacial score (nSPS) is 16.1. The highest BCUT2D eigenvalue weighted by molar-refractivity contribution is 6.08. The Kier molecular flexibility index (Phi) is 8.71. The average molecular weight is 559 g/mol. The van der Waals surface area contributed by atoms with E-state index in [-0.39, 0.29) is 5.91 Å². The van der Waals surface area contributed by atoms with Crippen molar-refractivity contribution in [2.24, 2.45) is 12.5 Å². The molecule has 0 atom stereocenters. The number of benzene rings is 2. The van der Waals surface area contributed by atoms with Crippen molar-refractivity contribution in [1.29, 1.82) is 0 Å². The molecule has 0 aliphatic carbocycles. The minimum Gasteiger partial charge on any atom is -0.493 e. The molecule has 2 aliphatic heterocycles. The van der Waals surface area contributed by atoms with Crippen LogP contribution in [-0.4, -0.2) is 71.4 Å². The minimum absolute atomic E-state index is 0.0371. The van der Waals surface area contributed by atoms with Gasteiger partial charge in [-0.2, -0.15) is 5.10 Å². The van der Waals surface area contributed by atoms with Crippen LogP contribution in [0.3, 0.4) is 0 Å². The highest BCUT2D eigenvalue weighted by Gasteiger charge is 2.27. The first-order valence-corrected chi connectivity index (χ1v) is 15.0. The SMILES string of the molecule is Cc1ccc2c(c1)Nc1c(cnn1C)CN2C(=O)c1ccc(OCCCN2CCN(CCC(C)(C)C)CC2)c(C)c1. The number of amides is 1. The predicted molar refractivity (Wildman–Crippen MR) is 166 cm³/mol. The van der Waals surface area contributed by atoms with Crippen LogP contribution < -0.4 is 15.0 Å². The number of piperazine rings is 1. The molecule has 1 amide bonds. The van der Waals surface area contributed by atoms with E-state index in [0.717, 1.165) is 78.8 Å². The van der Waals surface area contributed by atoms with Crippen LogP contribution in [-0.2, 0) is 13.6 Å². The molecule has 2 aromatic carbocycles. The third-order valence-electron chi connectivity index (χ3n) is 8.23. The molecule has 0 unspecified atom stereocenters. The molecule has 8 heteroatoms. The Labute approximate surface area is 245 Å². The summed E-state index contributed by atoms with van der Waals surface area (Å²) in [6.07, 6.45) is 4.07. The standard InChI is InChI=1S/C33H46N6O2/c1-24-8-10-29-28(20-24)35-31-27(22-34-36(31)6)23-39(29)32(40)26-9-11-30(25(2)21-26)41-19-7-13-37-15-17-38(18-16-37)14-12-33(3,4)5/h8-11,20-22,35H,7,12-19,23H2,1-6H3. The number of rotatable bonds is 8. The summed E-state index contributed by atoms with van der Waals surface area (Å²) in [5, 5.41) is 7.90. The molecule has 0 bridgehead atoms. The predicted octanol–water partition coefficient (Wildman–Crippen LogP) is 5.76. The van der Waals surface area contributed by atoms with Gasteiger partial charge >= 0.3 is 0 Å². The van der Waals surface area contributed by atoms with Gasteiger partial charge in [0, 0.05) is 50.9 Å². The van der Waals surface area contributed by atoms with Crippen molar-refractivity contribution >= 4 is 23.1 Å². The summed E-state index contributed by atoms with van der Waals surface area (Å²) in [5.41, 5.74) is 5.91. The van der Waals surface area contributed by atoms with E-state index in [2.05, 4.69) is 54.0 Å². The molecule has 41 heavy (non-hydrogen) atoms. The maximum absolute atomic E-state index is 13.8. The van der Waals surface area contributed by atoms with Gasteiger partial charge in [0.1, 0.15) is 11.6 Å². The number of nitrogens with one attached hydrogen (secondary N) is 1. The summed E-state index contributed by atoms with van der Waals surface area (Å²) in [4.78, 5) is 20.8. The zero-order chi connectivity index (χ0) is 29.1. The van der Waals surface area contributed by atoms with E-state index in [0.29, 0.717) is 24.1 Å². The Morgan fingerprint density at radius 3 is 2.44 bits per heavy atom. The average Bonchev–Trinajstić information content (AvgIpc) is 3.18. The highest BCUT2D eigenvalue weighted by Crippen LogP contribution is 2.37. The molecule has 1 N–H and O–H groups in total. The quantitative estimate of drug-likeness (QED) is 0.355. The summed E-state index contributed by atoms with van der Waals surface area (Å²) in [7, 11) is 1.91. The number of fused-ring (bicyclic) bond motifs is 2. The Balaban J connectivity index is 1.16. The van der Waals surface area contributed by atoms with Gasteiger partial charge < -0.3 is 24.8 Å². The summed E-state index contributed by atoms with van der Waals surface area (Å²) in [5.74, 6) is 1.72. The van der Waals surface area contributed by atoms with Crippen molar-refractivity contribution in [1.82, 2.24) is 19.6 Å². The molecule has 5 rings (SSSR count). The smallest absolute Gasteiger partial charge is 0.258 e. The first-order valence-electron chi connectivity index (χ1n) is 15.0. The van der Waals surface area contributed by atoms with Gasteiger partial charge in [-0.25, -0.2) is 0 Å². The second kappa shape index (κ2) is 12.2. The summed E-state index contributed by atoms with van der Waals surface area (Å²) in [6.45, 7) is 19.0. The molecular weight excluding hydrogens is 512 g/mol. The highest BCUT2D eigenvalue weighted by atomic mass is 16.5. The van der Waals surface area contributed by atoms with Gasteiger partial charge in [-0.3, -0.25) is 9.48 Å². The molecule has 8 nitrogen and oxygen atoms in total. The van der Waals surface area contributed by atoms with E-state index >= 15 is 0 Å². The van der Waals surface area contributed by atoms with Gasteiger partial charge in [0.25, 0.3) is 5.91 Å². The first-order chi connectivity index (χ1) is 19.6. The number of carbonyl (C=O) groups excluding carboxylic acids is 1. The Morgan fingerprint density at radius 1 is 1.00 bits per heavy atom. The Bertz CT molecular complexity index is 1370. The topological polar surface area (TPSA) is 65.9 Å². The van der Waals surface area contributed by atoms with Crippen LogP contribution in [0.15, 0.2) is 42.6 Å². The molecule has 0 spiro atoms. The van der Waals surface area contributed by atoms with Gasteiger partial charge in [-0.05, 0) is 80.1 Å². The fourth-order valence-electron chi connectivity index (χ4n) is 5.61. The van der Waals surface area contributed by atoms with Crippen molar-refractivity contribution in [3.8, 4) is 5.75 Å². The largest absolute Gasteiger partial charge is 0.493 e. The zero-order valence-corrected chi connectivity index (χ0v) is 25.7. The van der Waals surface area contributed by atoms with Crippen LogP contribution in [0.25, 0.3) is 0 Å². The lowest BCUT2D eigenvalue weighted by Gasteiger charge is -2.36. The molecule has 0 radical (unpaired) electrons. The van der Waals surface area contributed by atoms with Gasteiger partial charge in [0.2, 0.25) is 0 Å². The number of hydrogen-bond acceptors (Lipinski definition) is 6. The second-order valence-electron chi connectivity index (χ2n) is 12.9. The maximum Gasteiger partial charge on any atom is 0.258 e. The molecule has 1 fully saturated rings. The number of aryl methyl sites for hydroxylation is 3. The van der Waals surface area contributed by atoms with Crippen LogP contribution >= 0.6 is 0 Å². The number of hydrogen-bond donors (Lipinski definition) is 1. The van der Waals surface area contributed by atoms with Gasteiger partial charge in [0.05, 0.1) is 30.7 Å². The fourth-order valence-corrected chi connectivity index (χ4v) is 5.61. The van der Waals surface area contributed by atoms with E-state index < -0.39 is 0 Å². The number of anilines is 3. The van der Waals surface area contributed by atoms with Crippen molar-refractivity contribution in [3.05, 3.63) is 64.8 Å². The molecule has 1 saturated heterocycles. The van der Waals surface area contributed by atoms with E-state index in [1.807, 2.05) is 60.1 Å². The van der Waals surface area contributed by atoms with Crippen LogP contribution in [0.2, 0.25) is 0 Å². The zero-order valence-electron chi connectivity index (χ0n) is 25.7. The molecule has 2 aliphatic rings. The van der Waals surface area contributed by atoms with E-state index in [9.17, 15) is 4.79 Å². The molecule has 1 aromatic heterocycles. The number of carbonyl (C=O) groups is 1. The molecule has 0 saturated carbocycles. The number of ether oxygens (including phenoxy) is 1. The maximum atomic E-state index is 13.8. The number of nitrogens with zero attached hydrogens (tertiary/aromatic N) is 5. The summed E-state index contributed by atoms with van der Waals surface area (Å²) in [6, 6.07) is 11.9. The van der Waals surface area contributed by atoms with Crippen LogP contribution in [0.5, 0.6) is 5.75 Å². The third kappa shape index (κ3) is 7.11. The monoisotopic (exact) mass is 558 g/mol. The van der Waals surface area contributed by atoms with E-state index in [1.54, 1.807) is 0 Å². The van der Waals surface area contributed by atoms with Crippen LogP contribution in [0, 0.1) is 19.3 Å².